The lowest BCUT2D eigenvalue weighted by molar-refractivity contribution is -0.131. The van der Waals surface area contributed by atoms with E-state index in [4.69, 9.17) is 4.98 Å². The predicted molar refractivity (Wildman–Crippen MR) is 125 cm³/mol. The van der Waals surface area contributed by atoms with E-state index >= 15 is 0 Å². The summed E-state index contributed by atoms with van der Waals surface area (Å²) in [6.07, 6.45) is 4.25. The van der Waals surface area contributed by atoms with Gasteiger partial charge in [0.25, 0.3) is 5.56 Å². The zero-order valence-electron chi connectivity index (χ0n) is 19.3. The number of benzene rings is 1. The Morgan fingerprint density at radius 1 is 1.24 bits per heavy atom. The largest absolute Gasteiger partial charge is 0.508 e. The predicted octanol–water partition coefficient (Wildman–Crippen LogP) is 3.06. The Labute approximate surface area is 192 Å². The van der Waals surface area contributed by atoms with Gasteiger partial charge in [0.05, 0.1) is 29.5 Å². The number of hydrogen-bond acceptors (Lipinski definition) is 5. The summed E-state index contributed by atoms with van der Waals surface area (Å²) in [5.41, 5.74) is 4.84. The van der Waals surface area contributed by atoms with Crippen LogP contribution in [0.4, 0.5) is 0 Å². The molecule has 0 saturated carbocycles. The van der Waals surface area contributed by atoms with Crippen molar-refractivity contribution in [1.82, 2.24) is 24.4 Å². The fraction of sp³-hybridized carbons (Fsp3) is 0.480. The topological polar surface area (TPSA) is 93.9 Å². The molecule has 2 aliphatic rings. The Bertz CT molecular complexity index is 1260. The number of phenolic OH excluding ortho intramolecular Hbond substituents is 1. The van der Waals surface area contributed by atoms with Crippen LogP contribution in [0.25, 0.3) is 5.65 Å². The minimum atomic E-state index is -0.117. The van der Waals surface area contributed by atoms with Gasteiger partial charge in [0.15, 0.2) is 5.65 Å². The highest BCUT2D eigenvalue weighted by atomic mass is 16.3. The number of H-pyrrole nitrogens is 1. The van der Waals surface area contributed by atoms with Crippen LogP contribution >= 0.6 is 0 Å². The van der Waals surface area contributed by atoms with Crippen LogP contribution in [0.15, 0.2) is 29.1 Å². The summed E-state index contributed by atoms with van der Waals surface area (Å²) in [6.45, 7) is 6.33. The Kier molecular flexibility index (Phi) is 5.70. The van der Waals surface area contributed by atoms with E-state index in [0.717, 1.165) is 48.3 Å². The van der Waals surface area contributed by atoms with Crippen LogP contribution in [0.2, 0.25) is 0 Å². The van der Waals surface area contributed by atoms with Gasteiger partial charge in [-0.3, -0.25) is 19.6 Å². The zero-order chi connectivity index (χ0) is 23.1. The van der Waals surface area contributed by atoms with Gasteiger partial charge >= 0.3 is 0 Å². The smallest absolute Gasteiger partial charge is 0.277 e. The van der Waals surface area contributed by atoms with Crippen molar-refractivity contribution in [3.63, 3.8) is 0 Å². The van der Waals surface area contributed by atoms with Crippen LogP contribution in [-0.2, 0) is 24.3 Å². The van der Waals surface area contributed by atoms with Gasteiger partial charge in [0, 0.05) is 37.6 Å². The molecule has 0 spiro atoms. The molecular formula is C25H31N5O3. The molecule has 8 nitrogen and oxygen atoms in total. The molecule has 4 heterocycles. The number of nitrogens with zero attached hydrogens (tertiary/aromatic N) is 4. The molecule has 3 aromatic rings. The van der Waals surface area contributed by atoms with Crippen molar-refractivity contribution in [3.05, 3.63) is 62.7 Å². The highest BCUT2D eigenvalue weighted by Crippen LogP contribution is 2.33. The van der Waals surface area contributed by atoms with E-state index in [2.05, 4.69) is 10.00 Å². The Morgan fingerprint density at radius 3 is 2.88 bits per heavy atom. The van der Waals surface area contributed by atoms with E-state index in [1.165, 1.54) is 4.52 Å². The highest BCUT2D eigenvalue weighted by molar-refractivity contribution is 5.76. The van der Waals surface area contributed by atoms with Gasteiger partial charge in [-0.25, -0.2) is 9.50 Å². The molecule has 174 valence electrons. The molecule has 1 amide bonds. The molecule has 0 aliphatic carbocycles. The first-order valence-electron chi connectivity index (χ1n) is 11.9. The fourth-order valence-electron chi connectivity index (χ4n) is 5.17. The number of aryl methyl sites for hydroxylation is 1. The lowest BCUT2D eigenvalue weighted by Gasteiger charge is -2.35. The Morgan fingerprint density at radius 2 is 2.09 bits per heavy atom. The first-order valence-corrected chi connectivity index (χ1v) is 11.9. The quantitative estimate of drug-likeness (QED) is 0.639. The molecule has 1 saturated heterocycles. The van der Waals surface area contributed by atoms with E-state index in [-0.39, 0.29) is 17.5 Å². The molecule has 8 heteroatoms. The van der Waals surface area contributed by atoms with E-state index in [0.29, 0.717) is 49.4 Å². The first-order chi connectivity index (χ1) is 15.9. The van der Waals surface area contributed by atoms with Crippen LogP contribution < -0.4 is 5.56 Å². The van der Waals surface area contributed by atoms with Crippen molar-refractivity contribution in [2.24, 2.45) is 0 Å². The minimum Gasteiger partial charge on any atom is -0.508 e. The van der Waals surface area contributed by atoms with Crippen LogP contribution in [0.5, 0.6) is 5.75 Å². The lowest BCUT2D eigenvalue weighted by Crippen LogP contribution is -2.40. The maximum Gasteiger partial charge on any atom is 0.277 e. The molecule has 1 unspecified atom stereocenters. The number of rotatable bonds is 4. The summed E-state index contributed by atoms with van der Waals surface area (Å²) in [5.74, 6) is 0.391. The molecule has 0 bridgehead atoms. The lowest BCUT2D eigenvalue weighted by atomic mass is 9.98. The van der Waals surface area contributed by atoms with Crippen molar-refractivity contribution >= 4 is 11.6 Å². The third-order valence-corrected chi connectivity index (χ3v) is 7.02. The summed E-state index contributed by atoms with van der Waals surface area (Å²) >= 11 is 0. The van der Waals surface area contributed by atoms with Crippen molar-refractivity contribution < 1.29 is 9.90 Å². The molecular weight excluding hydrogens is 418 g/mol. The monoisotopic (exact) mass is 449 g/mol. The number of carbonyl (C=O) groups is 1. The minimum absolute atomic E-state index is 0.0644. The molecule has 5 rings (SSSR count). The van der Waals surface area contributed by atoms with Crippen molar-refractivity contribution in [2.75, 3.05) is 13.1 Å². The third kappa shape index (κ3) is 4.04. The van der Waals surface area contributed by atoms with Crippen molar-refractivity contribution in [2.45, 2.75) is 65.1 Å². The molecule has 33 heavy (non-hydrogen) atoms. The van der Waals surface area contributed by atoms with E-state index < -0.39 is 0 Å². The molecule has 1 fully saturated rings. The molecule has 0 radical (unpaired) electrons. The highest BCUT2D eigenvalue weighted by Gasteiger charge is 2.29. The van der Waals surface area contributed by atoms with E-state index in [9.17, 15) is 14.7 Å². The summed E-state index contributed by atoms with van der Waals surface area (Å²) in [4.78, 5) is 34.3. The van der Waals surface area contributed by atoms with E-state index in [1.807, 2.05) is 32.0 Å². The number of aromatic amines is 1. The van der Waals surface area contributed by atoms with Gasteiger partial charge in [-0.1, -0.05) is 25.5 Å². The maximum atomic E-state index is 13.3. The summed E-state index contributed by atoms with van der Waals surface area (Å²) in [7, 11) is 0. The summed E-state index contributed by atoms with van der Waals surface area (Å²) < 4.78 is 1.53. The van der Waals surface area contributed by atoms with Crippen molar-refractivity contribution in [1.29, 1.82) is 0 Å². The number of amides is 1. The maximum absolute atomic E-state index is 13.3. The Balaban J connectivity index is 1.47. The molecule has 2 N–H and O–H groups in total. The van der Waals surface area contributed by atoms with Crippen LogP contribution in [0.1, 0.15) is 66.7 Å². The fourth-order valence-corrected chi connectivity index (χ4v) is 5.17. The number of nitrogens with one attached hydrogen (secondary N) is 1. The van der Waals surface area contributed by atoms with Gasteiger partial charge in [0.2, 0.25) is 5.91 Å². The van der Waals surface area contributed by atoms with Crippen molar-refractivity contribution in [3.8, 4) is 5.75 Å². The second-order valence-corrected chi connectivity index (χ2v) is 9.28. The number of piperidine rings is 1. The number of carbonyl (C=O) groups excluding carboxylic acids is 1. The number of aromatic nitrogens is 3. The number of hydrogen-bond donors (Lipinski definition) is 2. The number of phenols is 1. The first kappa shape index (κ1) is 21.7. The third-order valence-electron chi connectivity index (χ3n) is 7.02. The molecule has 2 aliphatic heterocycles. The average Bonchev–Trinajstić information content (AvgIpc) is 3.25. The van der Waals surface area contributed by atoms with Crippen LogP contribution in [0, 0.1) is 6.92 Å². The summed E-state index contributed by atoms with van der Waals surface area (Å²) in [5, 5.41) is 13.7. The zero-order valence-corrected chi connectivity index (χ0v) is 19.3. The van der Waals surface area contributed by atoms with Crippen LogP contribution in [-0.4, -0.2) is 48.5 Å². The number of aromatic hydroxyl groups is 1. The van der Waals surface area contributed by atoms with Gasteiger partial charge in [-0.15, -0.1) is 0 Å². The average molecular weight is 450 g/mol. The van der Waals surface area contributed by atoms with Gasteiger partial charge in [-0.05, 0) is 37.9 Å². The number of fused-ring (bicyclic) bond motifs is 2. The van der Waals surface area contributed by atoms with Crippen LogP contribution in [0.3, 0.4) is 0 Å². The van der Waals surface area contributed by atoms with Gasteiger partial charge in [0.1, 0.15) is 5.75 Å². The SMILES string of the molecule is CCC(=O)N1CCc2nc3cc(C4CCCCN4Cc4ccc(C)cc4O)[nH]n3c(=O)c2C1. The Hall–Kier alpha value is -3.13. The van der Waals surface area contributed by atoms with Gasteiger partial charge < -0.3 is 10.0 Å². The molecule has 1 atom stereocenters. The van der Waals surface area contributed by atoms with Gasteiger partial charge in [-0.2, -0.15) is 0 Å². The second kappa shape index (κ2) is 8.67. The molecule has 2 aromatic heterocycles. The normalized spacial score (nSPS) is 19.1. The summed E-state index contributed by atoms with van der Waals surface area (Å²) in [6, 6.07) is 7.93. The second-order valence-electron chi connectivity index (χ2n) is 9.28. The number of likely N-dealkylation sites (tertiary alicyclic amines) is 1. The molecule has 1 aromatic carbocycles. The van der Waals surface area contributed by atoms with E-state index in [1.54, 1.807) is 11.0 Å². The standard InChI is InChI=1S/C25H31N5O3/c1-3-24(32)29-11-9-19-18(15-29)25(33)30-23(26-19)13-20(27-30)21-6-4-5-10-28(21)14-17-8-7-16(2)12-22(17)31/h7-8,12-13,21,27,31H,3-6,9-11,14-15H2,1-2H3.